The van der Waals surface area contributed by atoms with Crippen molar-refractivity contribution in [3.8, 4) is 0 Å². The van der Waals surface area contributed by atoms with Crippen LogP contribution in [0, 0.1) is 0 Å². The molecule has 0 unspecified atom stereocenters. The standard InChI is InChI=1S/C11H10ClNO3/c1-7(14)13-10(11(15)16)6-8-2-4-9(12)5-3-8/h2-6H,1H3,(H,13,14)(H,15,16)/p-1. The van der Waals surface area contributed by atoms with E-state index in [0.29, 0.717) is 10.6 Å². The van der Waals surface area contributed by atoms with Gasteiger partial charge in [-0.1, -0.05) is 23.7 Å². The quantitative estimate of drug-likeness (QED) is 0.783. The Kier molecular flexibility index (Phi) is 4.08. The molecule has 1 rings (SSSR count). The van der Waals surface area contributed by atoms with Crippen molar-refractivity contribution in [1.29, 1.82) is 0 Å². The third-order valence-corrected chi connectivity index (χ3v) is 1.96. The molecule has 0 spiro atoms. The summed E-state index contributed by atoms with van der Waals surface area (Å²) in [5.74, 6) is -1.91. The lowest BCUT2D eigenvalue weighted by Gasteiger charge is -2.08. The van der Waals surface area contributed by atoms with Gasteiger partial charge in [0, 0.05) is 11.9 Å². The lowest BCUT2D eigenvalue weighted by molar-refractivity contribution is -0.299. The van der Waals surface area contributed by atoms with E-state index >= 15 is 0 Å². The second kappa shape index (κ2) is 5.32. The van der Waals surface area contributed by atoms with Gasteiger partial charge in [0.1, 0.15) is 0 Å². The molecule has 0 aliphatic carbocycles. The second-order valence-corrected chi connectivity index (χ2v) is 3.51. The van der Waals surface area contributed by atoms with E-state index in [2.05, 4.69) is 5.32 Å². The van der Waals surface area contributed by atoms with Gasteiger partial charge in [0.15, 0.2) is 0 Å². The van der Waals surface area contributed by atoms with E-state index in [-0.39, 0.29) is 5.70 Å². The SMILES string of the molecule is CC(=O)NC(=Cc1ccc(Cl)cc1)C(=O)[O-]. The van der Waals surface area contributed by atoms with Gasteiger partial charge in [-0.2, -0.15) is 0 Å². The number of aliphatic carboxylic acids is 1. The van der Waals surface area contributed by atoms with Crippen LogP contribution in [-0.2, 0) is 9.59 Å². The van der Waals surface area contributed by atoms with Crippen LogP contribution < -0.4 is 10.4 Å². The molecule has 1 aromatic carbocycles. The summed E-state index contributed by atoms with van der Waals surface area (Å²) in [5, 5.41) is 13.4. The monoisotopic (exact) mass is 238 g/mol. The fourth-order valence-corrected chi connectivity index (χ4v) is 1.19. The molecule has 0 saturated heterocycles. The van der Waals surface area contributed by atoms with Gasteiger partial charge in [-0.05, 0) is 23.8 Å². The second-order valence-electron chi connectivity index (χ2n) is 3.08. The fraction of sp³-hybridized carbons (Fsp3) is 0.0909. The molecule has 84 valence electrons. The van der Waals surface area contributed by atoms with Crippen molar-refractivity contribution in [2.45, 2.75) is 6.92 Å². The van der Waals surface area contributed by atoms with E-state index in [1.165, 1.54) is 13.0 Å². The Morgan fingerprint density at radius 3 is 2.31 bits per heavy atom. The van der Waals surface area contributed by atoms with Gasteiger partial charge in [-0.3, -0.25) is 4.79 Å². The van der Waals surface area contributed by atoms with Crippen LogP contribution in [0.1, 0.15) is 12.5 Å². The lowest BCUT2D eigenvalue weighted by Crippen LogP contribution is -2.34. The maximum atomic E-state index is 10.7. The molecule has 16 heavy (non-hydrogen) atoms. The molecule has 1 amide bonds. The van der Waals surface area contributed by atoms with E-state index in [4.69, 9.17) is 11.6 Å². The van der Waals surface area contributed by atoms with Gasteiger partial charge in [-0.15, -0.1) is 0 Å². The van der Waals surface area contributed by atoms with Crippen molar-refractivity contribution < 1.29 is 14.7 Å². The maximum Gasteiger partial charge on any atom is 0.221 e. The van der Waals surface area contributed by atoms with E-state index in [0.717, 1.165) is 0 Å². The highest BCUT2D eigenvalue weighted by Crippen LogP contribution is 2.11. The van der Waals surface area contributed by atoms with Gasteiger partial charge in [0.2, 0.25) is 5.91 Å². The van der Waals surface area contributed by atoms with Gasteiger partial charge >= 0.3 is 0 Å². The number of carbonyl (C=O) groups is 2. The number of nitrogens with one attached hydrogen (secondary N) is 1. The summed E-state index contributed by atoms with van der Waals surface area (Å²) in [4.78, 5) is 21.4. The van der Waals surface area contributed by atoms with Crippen LogP contribution in [0.2, 0.25) is 5.02 Å². The zero-order valence-electron chi connectivity index (χ0n) is 8.49. The molecular weight excluding hydrogens is 230 g/mol. The summed E-state index contributed by atoms with van der Waals surface area (Å²) in [6.07, 6.45) is 1.30. The van der Waals surface area contributed by atoms with Crippen molar-refractivity contribution in [3.63, 3.8) is 0 Å². The molecule has 5 heteroatoms. The molecule has 1 aromatic rings. The molecule has 0 aliphatic rings. The molecule has 0 heterocycles. The van der Waals surface area contributed by atoms with Crippen LogP contribution in [0.25, 0.3) is 6.08 Å². The Morgan fingerprint density at radius 1 is 1.31 bits per heavy atom. The first-order valence-corrected chi connectivity index (χ1v) is 4.83. The third kappa shape index (κ3) is 3.74. The van der Waals surface area contributed by atoms with E-state index in [1.54, 1.807) is 24.3 Å². The minimum absolute atomic E-state index is 0.283. The summed E-state index contributed by atoms with van der Waals surface area (Å²) in [7, 11) is 0. The molecule has 1 N–H and O–H groups in total. The van der Waals surface area contributed by atoms with Crippen molar-refractivity contribution in [2.75, 3.05) is 0 Å². The van der Waals surface area contributed by atoms with Gasteiger partial charge in [-0.25, -0.2) is 0 Å². The molecule has 0 aromatic heterocycles. The third-order valence-electron chi connectivity index (χ3n) is 1.71. The lowest BCUT2D eigenvalue weighted by atomic mass is 10.2. The van der Waals surface area contributed by atoms with E-state index < -0.39 is 11.9 Å². The zero-order valence-corrected chi connectivity index (χ0v) is 9.25. The maximum absolute atomic E-state index is 10.7. The Labute approximate surface area is 97.5 Å². The average molecular weight is 239 g/mol. The highest BCUT2D eigenvalue weighted by molar-refractivity contribution is 6.30. The molecule has 0 saturated carbocycles. The molecule has 0 bridgehead atoms. The Hall–Kier alpha value is -1.81. The number of hydrogen-bond donors (Lipinski definition) is 1. The van der Waals surface area contributed by atoms with Crippen molar-refractivity contribution in [1.82, 2.24) is 5.32 Å². The first-order valence-electron chi connectivity index (χ1n) is 4.45. The van der Waals surface area contributed by atoms with Gasteiger partial charge in [0.05, 0.1) is 11.7 Å². The zero-order chi connectivity index (χ0) is 12.1. The Morgan fingerprint density at radius 2 is 1.88 bits per heavy atom. The number of carbonyl (C=O) groups excluding carboxylic acids is 2. The van der Waals surface area contributed by atoms with Crippen molar-refractivity contribution >= 4 is 29.6 Å². The Balaban J connectivity index is 2.97. The van der Waals surface area contributed by atoms with E-state index in [1.807, 2.05) is 0 Å². The number of carboxylic acids is 1. The van der Waals surface area contributed by atoms with Crippen LogP contribution >= 0.6 is 11.6 Å². The summed E-state index contributed by atoms with van der Waals surface area (Å²) in [5.41, 5.74) is 0.326. The van der Waals surface area contributed by atoms with Crippen molar-refractivity contribution in [2.24, 2.45) is 0 Å². The summed E-state index contributed by atoms with van der Waals surface area (Å²) in [6, 6.07) is 6.50. The fourth-order valence-electron chi connectivity index (χ4n) is 1.06. The van der Waals surface area contributed by atoms with Gasteiger partial charge < -0.3 is 15.2 Å². The number of halogens is 1. The first kappa shape index (κ1) is 12.3. The van der Waals surface area contributed by atoms with Crippen LogP contribution in [0.4, 0.5) is 0 Å². The van der Waals surface area contributed by atoms with E-state index in [9.17, 15) is 14.7 Å². The normalized spacial score (nSPS) is 11.0. The number of hydrogen-bond acceptors (Lipinski definition) is 3. The van der Waals surface area contributed by atoms with Crippen LogP contribution in [0.15, 0.2) is 30.0 Å². The number of rotatable bonds is 3. The van der Waals surface area contributed by atoms with Gasteiger partial charge in [0.25, 0.3) is 0 Å². The molecular formula is C11H9ClNO3-. The summed E-state index contributed by atoms with van der Waals surface area (Å²) in [6.45, 7) is 1.22. The van der Waals surface area contributed by atoms with Crippen LogP contribution in [0.3, 0.4) is 0 Å². The molecule has 0 aliphatic heterocycles. The topological polar surface area (TPSA) is 69.2 Å². The first-order chi connectivity index (χ1) is 7.49. The molecule has 0 fully saturated rings. The molecule has 0 atom stereocenters. The number of amides is 1. The predicted octanol–water partition coefficient (Wildman–Crippen LogP) is 0.567. The Bertz CT molecular complexity index is 437. The van der Waals surface area contributed by atoms with Crippen molar-refractivity contribution in [3.05, 3.63) is 40.5 Å². The number of benzene rings is 1. The minimum Gasteiger partial charge on any atom is -0.543 e. The largest absolute Gasteiger partial charge is 0.543 e. The predicted molar refractivity (Wildman–Crippen MR) is 58.3 cm³/mol. The smallest absolute Gasteiger partial charge is 0.221 e. The van der Waals surface area contributed by atoms with Crippen LogP contribution in [0.5, 0.6) is 0 Å². The van der Waals surface area contributed by atoms with Crippen LogP contribution in [-0.4, -0.2) is 11.9 Å². The number of carboxylic acid groups (broad SMARTS) is 1. The molecule has 0 radical (unpaired) electrons. The summed E-state index contributed by atoms with van der Waals surface area (Å²) >= 11 is 5.68. The highest BCUT2D eigenvalue weighted by Gasteiger charge is 2.01. The highest BCUT2D eigenvalue weighted by atomic mass is 35.5. The summed E-state index contributed by atoms with van der Waals surface area (Å²) < 4.78 is 0. The molecule has 4 nitrogen and oxygen atoms in total. The average Bonchev–Trinajstić information content (AvgIpc) is 2.19. The minimum atomic E-state index is -1.44.